The lowest BCUT2D eigenvalue weighted by atomic mass is 9.86. The van der Waals surface area contributed by atoms with Crippen LogP contribution in [0, 0.1) is 11.3 Å². The summed E-state index contributed by atoms with van der Waals surface area (Å²) in [5.41, 5.74) is 6.93. The summed E-state index contributed by atoms with van der Waals surface area (Å²) in [4.78, 5) is 12.3. The van der Waals surface area contributed by atoms with Gasteiger partial charge >= 0.3 is 0 Å². The molecule has 7 nitrogen and oxygen atoms in total. The van der Waals surface area contributed by atoms with E-state index in [-0.39, 0.29) is 17.4 Å². The van der Waals surface area contributed by atoms with E-state index in [0.717, 1.165) is 4.31 Å². The summed E-state index contributed by atoms with van der Waals surface area (Å²) >= 11 is 0. The molecule has 0 unspecified atom stereocenters. The zero-order valence-corrected chi connectivity index (χ0v) is 16.3. The van der Waals surface area contributed by atoms with Crippen LogP contribution < -0.4 is 11.2 Å². The molecular formula is C17H29N3O4S. The predicted molar refractivity (Wildman–Crippen MR) is 97.4 cm³/mol. The smallest absolute Gasteiger partial charge is 0.262 e. The zero-order valence-electron chi connectivity index (χ0n) is 15.5. The molecule has 1 aromatic carbocycles. The highest BCUT2D eigenvalue weighted by molar-refractivity contribution is 7.89. The van der Waals surface area contributed by atoms with Crippen LogP contribution >= 0.6 is 0 Å². The van der Waals surface area contributed by atoms with Gasteiger partial charge in [-0.2, -0.15) is 4.31 Å². The predicted octanol–water partition coefficient (Wildman–Crippen LogP) is 2.23. The highest BCUT2D eigenvalue weighted by Crippen LogP contribution is 2.30. The summed E-state index contributed by atoms with van der Waals surface area (Å²) in [6.07, 6.45) is 0.576. The van der Waals surface area contributed by atoms with Gasteiger partial charge in [0.1, 0.15) is 6.04 Å². The number of hydrogen-bond donors (Lipinski definition) is 3. The molecule has 1 atom stereocenters. The topological polar surface area (TPSA) is 113 Å². The van der Waals surface area contributed by atoms with Crippen LogP contribution in [-0.4, -0.2) is 36.4 Å². The van der Waals surface area contributed by atoms with Crippen LogP contribution in [0.4, 0.5) is 5.69 Å². The first-order chi connectivity index (χ1) is 11.4. The molecule has 0 aliphatic carbocycles. The molecule has 1 rings (SSSR count). The van der Waals surface area contributed by atoms with E-state index >= 15 is 0 Å². The molecule has 0 bridgehead atoms. The van der Waals surface area contributed by atoms with E-state index in [1.54, 1.807) is 38.4 Å². The minimum atomic E-state index is -3.98. The van der Waals surface area contributed by atoms with E-state index in [0.29, 0.717) is 12.1 Å². The molecule has 0 saturated heterocycles. The number of amides is 1. The number of nitrogens with zero attached hydrogens (tertiary/aromatic N) is 1. The van der Waals surface area contributed by atoms with Crippen molar-refractivity contribution in [1.29, 1.82) is 0 Å². The van der Waals surface area contributed by atoms with Crippen molar-refractivity contribution in [2.45, 2.75) is 52.0 Å². The van der Waals surface area contributed by atoms with Gasteiger partial charge in [-0.05, 0) is 36.0 Å². The van der Waals surface area contributed by atoms with E-state index in [1.807, 2.05) is 13.8 Å². The maximum Gasteiger partial charge on any atom is 0.262 e. The van der Waals surface area contributed by atoms with Gasteiger partial charge in [-0.25, -0.2) is 13.9 Å². The fourth-order valence-electron chi connectivity index (χ4n) is 2.60. The van der Waals surface area contributed by atoms with Gasteiger partial charge in [0.05, 0.1) is 4.90 Å². The van der Waals surface area contributed by atoms with Gasteiger partial charge in [-0.3, -0.25) is 10.0 Å². The summed E-state index contributed by atoms with van der Waals surface area (Å²) < 4.78 is 27.6. The highest BCUT2D eigenvalue weighted by Gasteiger charge is 2.42. The van der Waals surface area contributed by atoms with Crippen LogP contribution in [0.25, 0.3) is 0 Å². The molecule has 0 radical (unpaired) electrons. The van der Waals surface area contributed by atoms with E-state index in [4.69, 9.17) is 10.9 Å². The SMILES string of the molecule is CC(C)CCN([C@@H](C(=O)NO)C(C)(C)C)S(=O)(=O)c1cccc(N)c1. The minimum absolute atomic E-state index is 0.0243. The van der Waals surface area contributed by atoms with Crippen molar-refractivity contribution in [2.75, 3.05) is 12.3 Å². The first-order valence-corrected chi connectivity index (χ1v) is 9.66. The third-order valence-electron chi connectivity index (χ3n) is 3.86. The average Bonchev–Trinajstić information content (AvgIpc) is 2.49. The van der Waals surface area contributed by atoms with Crippen molar-refractivity contribution in [3.63, 3.8) is 0 Å². The summed E-state index contributed by atoms with van der Waals surface area (Å²) in [7, 11) is -3.98. The molecule has 25 heavy (non-hydrogen) atoms. The third kappa shape index (κ3) is 5.42. The van der Waals surface area contributed by atoms with E-state index in [2.05, 4.69) is 0 Å². The monoisotopic (exact) mass is 371 g/mol. The summed E-state index contributed by atoms with van der Waals surface area (Å²) in [5, 5.41) is 9.13. The molecule has 0 heterocycles. The molecule has 142 valence electrons. The zero-order chi connectivity index (χ0) is 19.4. The molecule has 0 spiro atoms. The van der Waals surface area contributed by atoms with Gasteiger partial charge in [0.15, 0.2) is 0 Å². The number of anilines is 1. The first kappa shape index (κ1) is 21.4. The lowest BCUT2D eigenvalue weighted by Gasteiger charge is -2.37. The van der Waals surface area contributed by atoms with E-state index < -0.39 is 27.4 Å². The van der Waals surface area contributed by atoms with Crippen LogP contribution in [0.2, 0.25) is 0 Å². The van der Waals surface area contributed by atoms with Crippen molar-refractivity contribution in [2.24, 2.45) is 11.3 Å². The number of hydrogen-bond acceptors (Lipinski definition) is 5. The van der Waals surface area contributed by atoms with Gasteiger partial charge in [-0.1, -0.05) is 40.7 Å². The molecule has 0 saturated carbocycles. The normalized spacial score (nSPS) is 13.9. The Hall–Kier alpha value is -1.64. The largest absolute Gasteiger partial charge is 0.399 e. The molecule has 0 aliphatic rings. The fourth-order valence-corrected chi connectivity index (χ4v) is 4.44. The van der Waals surface area contributed by atoms with Crippen LogP contribution in [-0.2, 0) is 14.8 Å². The van der Waals surface area contributed by atoms with Crippen molar-refractivity contribution in [3.05, 3.63) is 24.3 Å². The molecule has 0 aliphatic heterocycles. The van der Waals surface area contributed by atoms with E-state index in [1.165, 1.54) is 12.1 Å². The van der Waals surface area contributed by atoms with Crippen LogP contribution in [0.5, 0.6) is 0 Å². The van der Waals surface area contributed by atoms with Crippen molar-refractivity contribution < 1.29 is 18.4 Å². The Morgan fingerprint density at radius 2 is 1.92 bits per heavy atom. The fraction of sp³-hybridized carbons (Fsp3) is 0.588. The second-order valence-electron chi connectivity index (χ2n) is 7.62. The summed E-state index contributed by atoms with van der Waals surface area (Å²) in [6, 6.07) is 4.90. The molecule has 8 heteroatoms. The average molecular weight is 372 g/mol. The van der Waals surface area contributed by atoms with Gasteiger partial charge in [0, 0.05) is 12.2 Å². The minimum Gasteiger partial charge on any atom is -0.399 e. The number of nitrogen functional groups attached to an aromatic ring is 1. The number of carbonyl (C=O) groups is 1. The maximum atomic E-state index is 13.2. The second-order valence-corrected chi connectivity index (χ2v) is 9.51. The number of nitrogens with one attached hydrogen (secondary N) is 1. The lowest BCUT2D eigenvalue weighted by Crippen LogP contribution is -2.55. The molecule has 4 N–H and O–H groups in total. The first-order valence-electron chi connectivity index (χ1n) is 8.22. The summed E-state index contributed by atoms with van der Waals surface area (Å²) in [6.45, 7) is 9.37. The Labute approximate surface area is 150 Å². The van der Waals surface area contributed by atoms with Crippen molar-refractivity contribution in [1.82, 2.24) is 9.79 Å². The Kier molecular flexibility index (Phi) is 6.99. The summed E-state index contributed by atoms with van der Waals surface area (Å²) in [5.74, 6) is -0.514. The third-order valence-corrected chi connectivity index (χ3v) is 5.72. The molecule has 1 aromatic rings. The number of rotatable bonds is 7. The van der Waals surface area contributed by atoms with Gasteiger partial charge in [0.25, 0.3) is 5.91 Å². The lowest BCUT2D eigenvalue weighted by molar-refractivity contribution is -0.136. The molecule has 1 amide bonds. The van der Waals surface area contributed by atoms with Crippen LogP contribution in [0.15, 0.2) is 29.2 Å². The second kappa shape index (κ2) is 8.16. The molecular weight excluding hydrogens is 342 g/mol. The van der Waals surface area contributed by atoms with Crippen molar-refractivity contribution >= 4 is 21.6 Å². The number of carbonyl (C=O) groups excluding carboxylic acids is 1. The van der Waals surface area contributed by atoms with Crippen LogP contribution in [0.1, 0.15) is 41.0 Å². The van der Waals surface area contributed by atoms with Gasteiger partial charge < -0.3 is 5.73 Å². The molecule has 0 aromatic heterocycles. The molecule has 0 fully saturated rings. The number of nitrogens with two attached hydrogens (primary N) is 1. The number of hydroxylamine groups is 1. The Balaban J connectivity index is 3.47. The maximum absolute atomic E-state index is 13.2. The quantitative estimate of drug-likeness (QED) is 0.386. The Bertz CT molecular complexity index is 696. The number of sulfonamides is 1. The Morgan fingerprint density at radius 1 is 1.32 bits per heavy atom. The van der Waals surface area contributed by atoms with Crippen molar-refractivity contribution in [3.8, 4) is 0 Å². The number of benzene rings is 1. The van der Waals surface area contributed by atoms with Gasteiger partial charge in [0.2, 0.25) is 10.0 Å². The highest BCUT2D eigenvalue weighted by atomic mass is 32.2. The standard InChI is InChI=1S/C17H29N3O4S/c1-12(2)9-10-20(15(16(21)19-22)17(3,4)5)25(23,24)14-8-6-7-13(18)11-14/h6-8,11-12,15,22H,9-10,18H2,1-5H3,(H,19,21)/t15-/m0/s1. The van der Waals surface area contributed by atoms with Crippen LogP contribution in [0.3, 0.4) is 0 Å². The Morgan fingerprint density at radius 3 is 2.36 bits per heavy atom. The van der Waals surface area contributed by atoms with Gasteiger partial charge in [-0.15, -0.1) is 0 Å². The van der Waals surface area contributed by atoms with E-state index in [9.17, 15) is 13.2 Å².